The Kier molecular flexibility index (Phi) is 4.00. The van der Waals surface area contributed by atoms with E-state index in [1.165, 1.54) is 18.5 Å². The summed E-state index contributed by atoms with van der Waals surface area (Å²) in [6, 6.07) is 5.08. The second kappa shape index (κ2) is 5.47. The molecule has 5 nitrogen and oxygen atoms in total. The van der Waals surface area contributed by atoms with Gasteiger partial charge in [0.05, 0.1) is 11.2 Å². The van der Waals surface area contributed by atoms with Crippen LogP contribution in [0.15, 0.2) is 30.6 Å². The van der Waals surface area contributed by atoms with E-state index in [2.05, 4.69) is 15.4 Å². The molecule has 0 aliphatic heterocycles. The van der Waals surface area contributed by atoms with Crippen LogP contribution in [0.5, 0.6) is 0 Å². The van der Waals surface area contributed by atoms with Gasteiger partial charge in [-0.2, -0.15) is 5.10 Å². The van der Waals surface area contributed by atoms with Gasteiger partial charge in [-0.05, 0) is 32.0 Å². The van der Waals surface area contributed by atoms with Crippen molar-refractivity contribution < 1.29 is 13.6 Å². The first-order valence-electron chi connectivity index (χ1n) is 6.76. The van der Waals surface area contributed by atoms with Crippen molar-refractivity contribution in [3.63, 3.8) is 0 Å². The number of amides is 1. The lowest BCUT2D eigenvalue weighted by Crippen LogP contribution is -2.55. The molecular formula is C15H18F2N4O. The van der Waals surface area contributed by atoms with Crippen molar-refractivity contribution in [3.05, 3.63) is 36.3 Å². The first-order valence-corrected chi connectivity index (χ1v) is 6.76. The average molecular weight is 308 g/mol. The van der Waals surface area contributed by atoms with E-state index in [0.29, 0.717) is 5.69 Å². The number of aromatic nitrogens is 3. The molecule has 2 aromatic heterocycles. The number of carbonyl (C=O) groups is 1. The predicted molar refractivity (Wildman–Crippen MR) is 78.6 cm³/mol. The van der Waals surface area contributed by atoms with Crippen LogP contribution in [0.3, 0.4) is 0 Å². The Labute approximate surface area is 127 Å². The molecule has 0 aliphatic carbocycles. The Bertz CT molecular complexity index is 675. The maximum absolute atomic E-state index is 13.5. The highest BCUT2D eigenvalue weighted by molar-refractivity contribution is 5.94. The second-order valence-electron chi connectivity index (χ2n) is 5.74. The molecule has 0 spiro atoms. The van der Waals surface area contributed by atoms with Crippen LogP contribution >= 0.6 is 0 Å². The highest BCUT2D eigenvalue weighted by Gasteiger charge is 2.43. The minimum Gasteiger partial charge on any atom is -0.340 e. The smallest absolute Gasteiger partial charge is 0.270 e. The molecule has 0 saturated heterocycles. The van der Waals surface area contributed by atoms with Gasteiger partial charge in [-0.25, -0.2) is 8.78 Å². The summed E-state index contributed by atoms with van der Waals surface area (Å²) in [7, 11) is 1.59. The Morgan fingerprint density at radius 1 is 1.23 bits per heavy atom. The number of carbonyl (C=O) groups excluding carboxylic acids is 1. The number of pyridine rings is 1. The molecule has 1 amide bonds. The van der Waals surface area contributed by atoms with E-state index in [1.54, 1.807) is 37.6 Å². The van der Waals surface area contributed by atoms with E-state index in [9.17, 15) is 13.6 Å². The second-order valence-corrected chi connectivity index (χ2v) is 5.74. The molecular weight excluding hydrogens is 290 g/mol. The lowest BCUT2D eigenvalue weighted by atomic mass is 9.97. The third-order valence-corrected chi connectivity index (χ3v) is 3.61. The van der Waals surface area contributed by atoms with Crippen molar-refractivity contribution in [2.45, 2.75) is 32.2 Å². The third-order valence-electron chi connectivity index (χ3n) is 3.61. The minimum atomic E-state index is -3.05. The minimum absolute atomic E-state index is 0.212. The van der Waals surface area contributed by atoms with Gasteiger partial charge in [0.25, 0.3) is 11.8 Å². The van der Waals surface area contributed by atoms with Gasteiger partial charge >= 0.3 is 0 Å². The number of nitrogens with one attached hydrogen (secondary N) is 1. The Balaban J connectivity index is 2.27. The summed E-state index contributed by atoms with van der Waals surface area (Å²) in [6.45, 7) is 3.34. The summed E-state index contributed by atoms with van der Waals surface area (Å²) in [5, 5.41) is 6.59. The fourth-order valence-corrected chi connectivity index (χ4v) is 1.80. The zero-order valence-corrected chi connectivity index (χ0v) is 12.9. The lowest BCUT2D eigenvalue weighted by molar-refractivity contribution is -0.0548. The monoisotopic (exact) mass is 308 g/mol. The van der Waals surface area contributed by atoms with E-state index in [4.69, 9.17) is 0 Å². The van der Waals surface area contributed by atoms with Crippen molar-refractivity contribution in [3.8, 4) is 11.3 Å². The van der Waals surface area contributed by atoms with Crippen LogP contribution < -0.4 is 5.32 Å². The summed E-state index contributed by atoms with van der Waals surface area (Å²) in [5.41, 5.74) is -0.0736. The highest BCUT2D eigenvalue weighted by atomic mass is 19.3. The number of hydrogen-bond acceptors (Lipinski definition) is 3. The van der Waals surface area contributed by atoms with Gasteiger partial charge < -0.3 is 5.32 Å². The number of halogens is 2. The predicted octanol–water partition coefficient (Wildman–Crippen LogP) is 2.65. The van der Waals surface area contributed by atoms with Crippen LogP contribution in [0.1, 0.15) is 31.3 Å². The number of hydrogen-bond donors (Lipinski definition) is 1. The van der Waals surface area contributed by atoms with Crippen LogP contribution in [0.2, 0.25) is 0 Å². The molecule has 7 heteroatoms. The number of aryl methyl sites for hydroxylation is 1. The summed E-state index contributed by atoms with van der Waals surface area (Å²) in [5.74, 6) is -3.64. The van der Waals surface area contributed by atoms with E-state index in [0.717, 1.165) is 12.5 Å². The van der Waals surface area contributed by atoms with Crippen LogP contribution in [0, 0.1) is 0 Å². The largest absolute Gasteiger partial charge is 0.340 e. The summed E-state index contributed by atoms with van der Waals surface area (Å²) < 4.78 is 28.4. The van der Waals surface area contributed by atoms with Gasteiger partial charge in [-0.15, -0.1) is 0 Å². The fraction of sp³-hybridized carbons (Fsp3) is 0.400. The van der Waals surface area contributed by atoms with Gasteiger partial charge in [0.1, 0.15) is 5.69 Å². The van der Waals surface area contributed by atoms with Crippen molar-refractivity contribution in [1.82, 2.24) is 20.1 Å². The normalized spacial score (nSPS) is 12.3. The van der Waals surface area contributed by atoms with Crippen LogP contribution in [-0.4, -0.2) is 32.1 Å². The standard InChI is InChI=1S/C15H18F2N4O/c1-14(2,15(3,16)17)19-13(22)12-9-11(20-21(12)4)10-5-7-18-8-6-10/h5-9H,1-4H3,(H,19,22). The lowest BCUT2D eigenvalue weighted by Gasteiger charge is -2.32. The summed E-state index contributed by atoms with van der Waals surface area (Å²) in [6.07, 6.45) is 3.23. The van der Waals surface area contributed by atoms with Crippen LogP contribution in [0.4, 0.5) is 8.78 Å². The quantitative estimate of drug-likeness (QED) is 0.944. The molecule has 0 aliphatic rings. The van der Waals surface area contributed by atoms with Crippen LogP contribution in [-0.2, 0) is 7.05 Å². The fourth-order valence-electron chi connectivity index (χ4n) is 1.80. The molecule has 0 aromatic carbocycles. The number of nitrogens with zero attached hydrogens (tertiary/aromatic N) is 3. The van der Waals surface area contributed by atoms with E-state index < -0.39 is 17.4 Å². The Morgan fingerprint density at radius 3 is 2.36 bits per heavy atom. The molecule has 2 heterocycles. The SMILES string of the molecule is Cn1nc(-c2ccncc2)cc1C(=O)NC(C)(C)C(C)(F)F. The van der Waals surface area contributed by atoms with Crippen molar-refractivity contribution >= 4 is 5.91 Å². The molecule has 22 heavy (non-hydrogen) atoms. The van der Waals surface area contributed by atoms with Crippen molar-refractivity contribution in [2.24, 2.45) is 7.05 Å². The maximum atomic E-state index is 13.5. The molecule has 2 rings (SSSR count). The topological polar surface area (TPSA) is 59.8 Å². The first-order chi connectivity index (χ1) is 10.1. The van der Waals surface area contributed by atoms with Gasteiger partial charge in [-0.3, -0.25) is 14.5 Å². The summed E-state index contributed by atoms with van der Waals surface area (Å²) >= 11 is 0. The number of rotatable bonds is 4. The molecule has 0 bridgehead atoms. The number of alkyl halides is 2. The molecule has 0 saturated carbocycles. The van der Waals surface area contributed by atoms with Crippen LogP contribution in [0.25, 0.3) is 11.3 Å². The van der Waals surface area contributed by atoms with Crippen molar-refractivity contribution in [2.75, 3.05) is 0 Å². The van der Waals surface area contributed by atoms with E-state index in [1.807, 2.05) is 0 Å². The van der Waals surface area contributed by atoms with Gasteiger partial charge in [-0.1, -0.05) is 0 Å². The maximum Gasteiger partial charge on any atom is 0.270 e. The molecule has 0 radical (unpaired) electrons. The van der Waals surface area contributed by atoms with E-state index in [-0.39, 0.29) is 5.69 Å². The van der Waals surface area contributed by atoms with Gasteiger partial charge in [0.2, 0.25) is 0 Å². The molecule has 118 valence electrons. The van der Waals surface area contributed by atoms with Gasteiger partial charge in [0.15, 0.2) is 0 Å². The zero-order chi connectivity index (χ0) is 16.5. The molecule has 0 unspecified atom stereocenters. The van der Waals surface area contributed by atoms with E-state index >= 15 is 0 Å². The Morgan fingerprint density at radius 2 is 1.82 bits per heavy atom. The molecule has 0 fully saturated rings. The molecule has 1 N–H and O–H groups in total. The van der Waals surface area contributed by atoms with Gasteiger partial charge in [0, 0.05) is 31.9 Å². The highest BCUT2D eigenvalue weighted by Crippen LogP contribution is 2.28. The Hall–Kier alpha value is -2.31. The first kappa shape index (κ1) is 16.1. The molecule has 0 atom stereocenters. The zero-order valence-electron chi connectivity index (χ0n) is 12.9. The molecule has 2 aromatic rings. The van der Waals surface area contributed by atoms with Crippen molar-refractivity contribution in [1.29, 1.82) is 0 Å². The average Bonchev–Trinajstić information content (AvgIpc) is 2.80. The third kappa shape index (κ3) is 3.13. The summed E-state index contributed by atoms with van der Waals surface area (Å²) in [4.78, 5) is 16.2.